The molecule has 0 saturated carbocycles. The van der Waals surface area contributed by atoms with Crippen molar-refractivity contribution in [1.82, 2.24) is 16.2 Å². The molecule has 2 aromatic carbocycles. The number of fused-ring (bicyclic) bond motifs is 1. The van der Waals surface area contributed by atoms with E-state index in [4.69, 9.17) is 9.47 Å². The molecule has 2 aliphatic heterocycles. The van der Waals surface area contributed by atoms with E-state index in [9.17, 15) is 4.79 Å². The van der Waals surface area contributed by atoms with Crippen molar-refractivity contribution in [2.75, 3.05) is 18.5 Å². The van der Waals surface area contributed by atoms with Crippen LogP contribution in [0.5, 0.6) is 11.5 Å². The van der Waals surface area contributed by atoms with Crippen LogP contribution in [0.1, 0.15) is 11.6 Å². The molecule has 0 radical (unpaired) electrons. The topological polar surface area (TPSA) is 83.7 Å². The Morgan fingerprint density at radius 1 is 0.958 bits per heavy atom. The van der Waals surface area contributed by atoms with E-state index in [1.165, 1.54) is 0 Å². The van der Waals surface area contributed by atoms with Crippen molar-refractivity contribution < 1.29 is 14.3 Å². The van der Waals surface area contributed by atoms with Crippen LogP contribution >= 0.6 is 0 Å². The zero-order valence-electron chi connectivity index (χ0n) is 12.9. The molecule has 24 heavy (non-hydrogen) atoms. The predicted octanol–water partition coefficient (Wildman–Crippen LogP) is 1.12. The summed E-state index contributed by atoms with van der Waals surface area (Å²) in [6, 6.07) is 14.7. The molecular formula is C17H18N4O3. The molecule has 0 spiro atoms. The second kappa shape index (κ2) is 6.38. The largest absolute Gasteiger partial charge is 0.486 e. The lowest BCUT2D eigenvalue weighted by Gasteiger charge is -2.32. The molecule has 7 nitrogen and oxygen atoms in total. The van der Waals surface area contributed by atoms with Crippen LogP contribution in [0.2, 0.25) is 0 Å². The molecule has 0 aromatic heterocycles. The monoisotopic (exact) mass is 326 g/mol. The van der Waals surface area contributed by atoms with Gasteiger partial charge < -0.3 is 20.1 Å². The third kappa shape index (κ3) is 2.99. The Kier molecular flexibility index (Phi) is 3.94. The molecule has 1 amide bonds. The van der Waals surface area contributed by atoms with Gasteiger partial charge in [-0.25, -0.2) is 10.9 Å². The maximum Gasteiger partial charge on any atom is 0.245 e. The first-order valence-electron chi connectivity index (χ1n) is 7.82. The van der Waals surface area contributed by atoms with Crippen LogP contribution in [0, 0.1) is 0 Å². The van der Waals surface area contributed by atoms with E-state index in [-0.39, 0.29) is 5.91 Å². The number of amides is 1. The first-order chi connectivity index (χ1) is 11.8. The summed E-state index contributed by atoms with van der Waals surface area (Å²) < 4.78 is 11.1. The number of hydrogen-bond donors (Lipinski definition) is 4. The fourth-order valence-corrected chi connectivity index (χ4v) is 2.75. The number of carbonyl (C=O) groups is 1. The fourth-order valence-electron chi connectivity index (χ4n) is 2.75. The maximum absolute atomic E-state index is 12.3. The second-order valence-electron chi connectivity index (χ2n) is 5.58. The molecule has 0 bridgehead atoms. The average Bonchev–Trinajstić information content (AvgIpc) is 2.62. The number of nitrogens with one attached hydrogen (secondary N) is 4. The summed E-state index contributed by atoms with van der Waals surface area (Å²) in [5, 5.41) is 6.09. The van der Waals surface area contributed by atoms with Crippen molar-refractivity contribution in [3.05, 3.63) is 54.1 Å². The molecule has 2 aliphatic rings. The Balaban J connectivity index is 1.41. The molecule has 0 aliphatic carbocycles. The van der Waals surface area contributed by atoms with Crippen molar-refractivity contribution in [3.8, 4) is 11.5 Å². The van der Waals surface area contributed by atoms with Gasteiger partial charge in [0, 0.05) is 11.8 Å². The van der Waals surface area contributed by atoms with Gasteiger partial charge in [0.15, 0.2) is 17.8 Å². The number of anilines is 1. The first-order valence-corrected chi connectivity index (χ1v) is 7.82. The molecular weight excluding hydrogens is 308 g/mol. The van der Waals surface area contributed by atoms with Gasteiger partial charge >= 0.3 is 0 Å². The van der Waals surface area contributed by atoms with Crippen molar-refractivity contribution in [1.29, 1.82) is 0 Å². The highest BCUT2D eigenvalue weighted by atomic mass is 16.6. The minimum absolute atomic E-state index is 0.102. The zero-order chi connectivity index (χ0) is 16.4. The van der Waals surface area contributed by atoms with Gasteiger partial charge in [0.05, 0.1) is 0 Å². The van der Waals surface area contributed by atoms with Gasteiger partial charge in [-0.05, 0) is 17.7 Å². The van der Waals surface area contributed by atoms with Crippen LogP contribution in [0.25, 0.3) is 0 Å². The third-order valence-corrected chi connectivity index (χ3v) is 3.91. The van der Waals surface area contributed by atoms with E-state index in [0.29, 0.717) is 19.0 Å². The maximum atomic E-state index is 12.3. The molecule has 124 valence electrons. The van der Waals surface area contributed by atoms with Crippen molar-refractivity contribution >= 4 is 11.6 Å². The van der Waals surface area contributed by atoms with Crippen molar-refractivity contribution in [3.63, 3.8) is 0 Å². The lowest BCUT2D eigenvalue weighted by atomic mass is 10.1. The van der Waals surface area contributed by atoms with E-state index < -0.39 is 12.3 Å². The van der Waals surface area contributed by atoms with Gasteiger partial charge in [0.25, 0.3) is 0 Å². The molecule has 4 N–H and O–H groups in total. The highest BCUT2D eigenvalue weighted by molar-refractivity contribution is 5.84. The molecule has 2 aromatic rings. The summed E-state index contributed by atoms with van der Waals surface area (Å²) in [4.78, 5) is 12.3. The van der Waals surface area contributed by atoms with Gasteiger partial charge in [-0.1, -0.05) is 30.3 Å². The summed E-state index contributed by atoms with van der Waals surface area (Å²) in [5.41, 5.74) is 7.82. The van der Waals surface area contributed by atoms with Crippen LogP contribution in [0.4, 0.5) is 5.69 Å². The van der Waals surface area contributed by atoms with Gasteiger partial charge in [0.2, 0.25) is 5.91 Å². The Morgan fingerprint density at radius 2 is 1.75 bits per heavy atom. The highest BCUT2D eigenvalue weighted by Gasteiger charge is 2.28. The lowest BCUT2D eigenvalue weighted by Crippen LogP contribution is -2.64. The van der Waals surface area contributed by atoms with Crippen LogP contribution < -0.4 is 31.0 Å². The molecule has 1 fully saturated rings. The van der Waals surface area contributed by atoms with Crippen molar-refractivity contribution in [2.24, 2.45) is 0 Å². The van der Waals surface area contributed by atoms with Gasteiger partial charge in [-0.2, -0.15) is 0 Å². The van der Waals surface area contributed by atoms with Crippen LogP contribution in [-0.2, 0) is 4.79 Å². The number of ether oxygens (including phenoxy) is 2. The van der Waals surface area contributed by atoms with Crippen molar-refractivity contribution in [2.45, 2.75) is 12.3 Å². The van der Waals surface area contributed by atoms with E-state index in [1.807, 2.05) is 48.5 Å². The Labute approximate surface area is 139 Å². The molecule has 2 heterocycles. The van der Waals surface area contributed by atoms with Crippen LogP contribution in [0.3, 0.4) is 0 Å². The minimum atomic E-state index is -0.431. The minimum Gasteiger partial charge on any atom is -0.486 e. The lowest BCUT2D eigenvalue weighted by molar-refractivity contribution is -0.126. The number of rotatable bonds is 3. The van der Waals surface area contributed by atoms with E-state index in [1.54, 1.807) is 0 Å². The third-order valence-electron chi connectivity index (χ3n) is 3.91. The number of carbonyl (C=O) groups excluding carboxylic acids is 1. The van der Waals surface area contributed by atoms with E-state index in [0.717, 1.165) is 17.0 Å². The zero-order valence-corrected chi connectivity index (χ0v) is 12.9. The highest BCUT2D eigenvalue weighted by Crippen LogP contribution is 2.32. The summed E-state index contributed by atoms with van der Waals surface area (Å²) in [5.74, 6) is 1.33. The van der Waals surface area contributed by atoms with Gasteiger partial charge in [0.1, 0.15) is 19.3 Å². The number of benzene rings is 2. The average molecular weight is 326 g/mol. The Bertz CT molecular complexity index is 738. The standard InChI is InChI=1S/C17H18N4O3/c22-16-15(11-4-2-1-3-5-11)20-21-17(19-16)18-12-6-7-13-14(10-12)24-9-8-23-13/h1-7,10,15,17-18,20-21H,8-9H2,(H,19,22). The molecule has 4 rings (SSSR count). The molecule has 2 unspecified atom stereocenters. The first kappa shape index (κ1) is 14.8. The smallest absolute Gasteiger partial charge is 0.245 e. The molecule has 1 saturated heterocycles. The Morgan fingerprint density at radius 3 is 2.54 bits per heavy atom. The SMILES string of the molecule is O=C1NC(Nc2ccc3c(c2)OCCO3)NNC1c1ccccc1. The number of hydrazine groups is 1. The molecule has 2 atom stereocenters. The summed E-state index contributed by atoms with van der Waals surface area (Å²) in [7, 11) is 0. The summed E-state index contributed by atoms with van der Waals surface area (Å²) >= 11 is 0. The summed E-state index contributed by atoms with van der Waals surface area (Å²) in [6.07, 6.45) is -0.431. The second-order valence-corrected chi connectivity index (χ2v) is 5.58. The van der Waals surface area contributed by atoms with Crippen LogP contribution in [-0.4, -0.2) is 25.4 Å². The van der Waals surface area contributed by atoms with Gasteiger partial charge in [-0.3, -0.25) is 4.79 Å². The van der Waals surface area contributed by atoms with Crippen LogP contribution in [0.15, 0.2) is 48.5 Å². The summed E-state index contributed by atoms with van der Waals surface area (Å²) in [6.45, 7) is 1.10. The normalized spacial score (nSPS) is 22.6. The van der Waals surface area contributed by atoms with Gasteiger partial charge in [-0.15, -0.1) is 0 Å². The fraction of sp³-hybridized carbons (Fsp3) is 0.235. The quantitative estimate of drug-likeness (QED) is 0.677. The van der Waals surface area contributed by atoms with E-state index >= 15 is 0 Å². The molecule has 7 heteroatoms. The Hall–Kier alpha value is -2.77. The number of hydrogen-bond acceptors (Lipinski definition) is 6. The predicted molar refractivity (Wildman–Crippen MR) is 88.4 cm³/mol. The van der Waals surface area contributed by atoms with E-state index in [2.05, 4.69) is 21.5 Å².